The topological polar surface area (TPSA) is 60.2 Å². The summed E-state index contributed by atoms with van der Waals surface area (Å²) in [5.41, 5.74) is 0. The molecule has 6 heteroatoms. The van der Waals surface area contributed by atoms with Gasteiger partial charge in [0.05, 0.1) is 0 Å². The molecule has 0 aliphatic carbocycles. The Morgan fingerprint density at radius 2 is 2.00 bits per heavy atom. The normalized spacial score (nSPS) is 14.2. The Morgan fingerprint density at radius 1 is 1.30 bits per heavy atom. The summed E-state index contributed by atoms with van der Waals surface area (Å²) in [7, 11) is 0. The molecule has 0 bridgehead atoms. The molecule has 5 nitrogen and oxygen atoms in total. The lowest BCUT2D eigenvalue weighted by Crippen LogP contribution is -2.30. The number of aliphatic hydroxyl groups is 1. The van der Waals surface area contributed by atoms with E-state index in [0.29, 0.717) is 23.1 Å². The first kappa shape index (κ1) is 14.8. The van der Waals surface area contributed by atoms with Crippen molar-refractivity contribution in [3.63, 3.8) is 0 Å². The molecular weight excluding hydrogens is 278 g/mol. The van der Waals surface area contributed by atoms with Crippen molar-refractivity contribution in [1.29, 1.82) is 0 Å². The van der Waals surface area contributed by atoms with E-state index in [0.717, 1.165) is 0 Å². The Hall–Kier alpha value is -1.59. The van der Waals surface area contributed by atoms with Crippen LogP contribution in [-0.2, 0) is 0 Å². The first-order valence-electron chi connectivity index (χ1n) is 6.50. The van der Waals surface area contributed by atoms with Crippen LogP contribution in [0.15, 0.2) is 36.9 Å². The molecule has 0 saturated heterocycles. The molecule has 108 valence electrons. The number of hydrogen-bond acceptors (Lipinski definition) is 4. The summed E-state index contributed by atoms with van der Waals surface area (Å²) in [6.45, 7) is 4.09. The summed E-state index contributed by atoms with van der Waals surface area (Å²) in [4.78, 5) is 3.90. The van der Waals surface area contributed by atoms with Crippen LogP contribution in [0.2, 0.25) is 5.02 Å². The first-order valence-corrected chi connectivity index (χ1v) is 6.88. The second-order valence-corrected chi connectivity index (χ2v) is 5.47. The summed E-state index contributed by atoms with van der Waals surface area (Å²) in [6.07, 6.45) is 2.27. The number of nitrogens with zero attached hydrogens (tertiary/aromatic N) is 3. The summed E-state index contributed by atoms with van der Waals surface area (Å²) < 4.78 is 7.34. The minimum atomic E-state index is -0.674. The van der Waals surface area contributed by atoms with E-state index in [2.05, 4.69) is 10.1 Å². The number of ether oxygens (including phenoxy) is 1. The zero-order valence-corrected chi connectivity index (χ0v) is 12.2. The van der Waals surface area contributed by atoms with Crippen molar-refractivity contribution >= 4 is 11.6 Å². The van der Waals surface area contributed by atoms with Gasteiger partial charge in [-0.05, 0) is 36.6 Å². The fourth-order valence-corrected chi connectivity index (χ4v) is 2.04. The molecule has 0 fully saturated rings. The van der Waals surface area contributed by atoms with Gasteiger partial charge in [-0.15, -0.1) is 0 Å². The number of hydrogen-bond donors (Lipinski definition) is 1. The molecule has 1 aromatic carbocycles. The molecule has 20 heavy (non-hydrogen) atoms. The van der Waals surface area contributed by atoms with Gasteiger partial charge in [-0.25, -0.2) is 9.67 Å². The lowest BCUT2D eigenvalue weighted by atomic mass is 10.1. The van der Waals surface area contributed by atoms with Gasteiger partial charge in [-0.3, -0.25) is 0 Å². The van der Waals surface area contributed by atoms with Gasteiger partial charge in [-0.1, -0.05) is 25.4 Å². The Morgan fingerprint density at radius 3 is 2.55 bits per heavy atom. The molecule has 2 aromatic rings. The molecule has 0 aliphatic rings. The summed E-state index contributed by atoms with van der Waals surface area (Å²) in [5.74, 6) is 0.975. The fourth-order valence-electron chi connectivity index (χ4n) is 1.91. The molecule has 0 saturated carbocycles. The van der Waals surface area contributed by atoms with Crippen molar-refractivity contribution in [2.45, 2.75) is 32.6 Å². The number of halogens is 1. The van der Waals surface area contributed by atoms with Gasteiger partial charge in [0.25, 0.3) is 0 Å². The Bertz CT molecular complexity index is 514. The average molecular weight is 296 g/mol. The molecule has 0 radical (unpaired) electrons. The second kappa shape index (κ2) is 6.72. The monoisotopic (exact) mass is 295 g/mol. The third-order valence-electron chi connectivity index (χ3n) is 2.81. The lowest BCUT2D eigenvalue weighted by molar-refractivity contribution is -0.0274. The third-order valence-corrected chi connectivity index (χ3v) is 3.06. The smallest absolute Gasteiger partial charge is 0.218 e. The van der Waals surface area contributed by atoms with Crippen molar-refractivity contribution in [3.8, 4) is 5.75 Å². The molecular formula is C14H18ClN3O2. The van der Waals surface area contributed by atoms with Crippen molar-refractivity contribution in [2.75, 3.05) is 0 Å². The maximum absolute atomic E-state index is 10.3. The highest BCUT2D eigenvalue weighted by molar-refractivity contribution is 6.30. The van der Waals surface area contributed by atoms with Crippen LogP contribution in [0.5, 0.6) is 5.75 Å². The SMILES string of the molecule is CC(C)CC(O)C(Oc1ccc(Cl)cc1)n1cncn1. The Kier molecular flexibility index (Phi) is 4.98. The summed E-state index contributed by atoms with van der Waals surface area (Å²) >= 11 is 5.85. The number of rotatable bonds is 6. The van der Waals surface area contributed by atoms with Gasteiger partial charge in [0.15, 0.2) is 0 Å². The molecule has 2 unspecified atom stereocenters. The van der Waals surface area contributed by atoms with Crippen molar-refractivity contribution in [2.24, 2.45) is 5.92 Å². The minimum Gasteiger partial charge on any atom is -0.466 e. The highest BCUT2D eigenvalue weighted by Crippen LogP contribution is 2.24. The quantitative estimate of drug-likeness (QED) is 0.890. The Balaban J connectivity index is 2.16. The van der Waals surface area contributed by atoms with E-state index in [1.165, 1.54) is 17.3 Å². The molecule has 2 atom stereocenters. The number of aromatic nitrogens is 3. The third kappa shape index (κ3) is 3.95. The maximum atomic E-state index is 10.3. The molecule has 2 rings (SSSR count). The van der Waals surface area contributed by atoms with Gasteiger partial charge in [0.1, 0.15) is 24.5 Å². The predicted octanol–water partition coefficient (Wildman–Crippen LogP) is 2.92. The first-order chi connectivity index (χ1) is 9.56. The number of aliphatic hydroxyl groups excluding tert-OH is 1. The van der Waals surface area contributed by atoms with Crippen molar-refractivity contribution in [1.82, 2.24) is 14.8 Å². The summed E-state index contributed by atoms with van der Waals surface area (Å²) in [6, 6.07) is 7.00. The van der Waals surface area contributed by atoms with Crippen LogP contribution < -0.4 is 4.74 Å². The highest BCUT2D eigenvalue weighted by atomic mass is 35.5. The molecule has 0 amide bonds. The van der Waals surface area contributed by atoms with Crippen molar-refractivity contribution in [3.05, 3.63) is 41.9 Å². The summed E-state index contributed by atoms with van der Waals surface area (Å²) in [5, 5.41) is 15.0. The standard InChI is InChI=1S/C14H18ClN3O2/c1-10(2)7-13(19)14(18-9-16-8-17-18)20-12-5-3-11(15)4-6-12/h3-6,8-10,13-14,19H,7H2,1-2H3. The zero-order valence-electron chi connectivity index (χ0n) is 11.5. The largest absolute Gasteiger partial charge is 0.466 e. The molecule has 1 heterocycles. The predicted molar refractivity (Wildman–Crippen MR) is 76.6 cm³/mol. The fraction of sp³-hybridized carbons (Fsp3) is 0.429. The van der Waals surface area contributed by atoms with E-state index in [4.69, 9.17) is 16.3 Å². The molecule has 1 aromatic heterocycles. The van der Waals surface area contributed by atoms with Gasteiger partial charge >= 0.3 is 0 Å². The second-order valence-electron chi connectivity index (χ2n) is 5.03. The molecule has 0 aliphatic heterocycles. The van der Waals surface area contributed by atoms with E-state index in [9.17, 15) is 5.11 Å². The van der Waals surface area contributed by atoms with Gasteiger partial charge in [0.2, 0.25) is 6.23 Å². The van der Waals surface area contributed by atoms with E-state index in [1.807, 2.05) is 13.8 Å². The van der Waals surface area contributed by atoms with Crippen LogP contribution in [0.4, 0.5) is 0 Å². The zero-order chi connectivity index (χ0) is 14.5. The van der Waals surface area contributed by atoms with Crippen LogP contribution in [-0.4, -0.2) is 26.0 Å². The van der Waals surface area contributed by atoms with Crippen LogP contribution >= 0.6 is 11.6 Å². The molecule has 0 spiro atoms. The van der Waals surface area contributed by atoms with Crippen LogP contribution in [0.3, 0.4) is 0 Å². The Labute approximate surface area is 123 Å². The maximum Gasteiger partial charge on any atom is 0.218 e. The van der Waals surface area contributed by atoms with E-state index >= 15 is 0 Å². The minimum absolute atomic E-state index is 0.352. The van der Waals surface area contributed by atoms with Crippen LogP contribution in [0.25, 0.3) is 0 Å². The van der Waals surface area contributed by atoms with Crippen LogP contribution in [0.1, 0.15) is 26.5 Å². The van der Waals surface area contributed by atoms with E-state index < -0.39 is 12.3 Å². The van der Waals surface area contributed by atoms with E-state index in [1.54, 1.807) is 24.3 Å². The number of benzene rings is 1. The lowest BCUT2D eigenvalue weighted by Gasteiger charge is -2.25. The highest BCUT2D eigenvalue weighted by Gasteiger charge is 2.24. The van der Waals surface area contributed by atoms with Gasteiger partial charge in [-0.2, -0.15) is 5.10 Å². The van der Waals surface area contributed by atoms with Gasteiger partial charge in [0, 0.05) is 5.02 Å². The van der Waals surface area contributed by atoms with E-state index in [-0.39, 0.29) is 0 Å². The molecule has 1 N–H and O–H groups in total. The van der Waals surface area contributed by atoms with Gasteiger partial charge < -0.3 is 9.84 Å². The van der Waals surface area contributed by atoms with Crippen molar-refractivity contribution < 1.29 is 9.84 Å². The average Bonchev–Trinajstić information content (AvgIpc) is 2.90. The van der Waals surface area contributed by atoms with Crippen LogP contribution in [0, 0.1) is 5.92 Å².